The van der Waals surface area contributed by atoms with Crippen molar-refractivity contribution in [2.24, 2.45) is 0 Å². The summed E-state index contributed by atoms with van der Waals surface area (Å²) in [4.78, 5) is 43.8. The quantitative estimate of drug-likeness (QED) is 0.606. The number of nitrogens with one attached hydrogen (secondary N) is 1. The van der Waals surface area contributed by atoms with Gasteiger partial charge in [-0.05, 0) is 17.5 Å². The number of fused-ring (bicyclic) bond motifs is 1. The standard InChI is InChI=1S/C25H23N5O4/c31-23-21-15-28(24(32)27-22-19(14-26-34-22)17-9-5-2-6-10-17)11-12-29(21)25(33)30(23)20-13-18(20)16-7-3-1-4-8-16/h1-10,14,18,20-21H,11-13,15H2,(H,27,32)/t18-,20+,21?/m1/s1. The summed E-state index contributed by atoms with van der Waals surface area (Å²) in [5.41, 5.74) is 2.68. The zero-order valence-electron chi connectivity index (χ0n) is 18.3. The number of hydrogen-bond donors (Lipinski definition) is 1. The number of aromatic nitrogens is 1. The average Bonchev–Trinajstić information content (AvgIpc) is 3.45. The van der Waals surface area contributed by atoms with Gasteiger partial charge in [0.15, 0.2) is 0 Å². The SMILES string of the molecule is O=C(Nc1oncc1-c1ccccc1)N1CCN2C(=O)N([C@H]3C[C@@H]3c3ccccc3)C(=O)C2C1. The lowest BCUT2D eigenvalue weighted by atomic mass is 10.1. The third-order valence-corrected chi connectivity index (χ3v) is 6.83. The summed E-state index contributed by atoms with van der Waals surface area (Å²) in [6.07, 6.45) is 2.33. The largest absolute Gasteiger partial charge is 0.338 e. The highest BCUT2D eigenvalue weighted by atomic mass is 16.5. The number of imide groups is 1. The van der Waals surface area contributed by atoms with E-state index < -0.39 is 6.04 Å². The molecule has 0 spiro atoms. The summed E-state index contributed by atoms with van der Waals surface area (Å²) < 4.78 is 5.27. The fourth-order valence-electron chi connectivity index (χ4n) is 4.96. The monoisotopic (exact) mass is 457 g/mol. The Labute approximate surface area is 195 Å². The second-order valence-corrected chi connectivity index (χ2v) is 8.83. The van der Waals surface area contributed by atoms with E-state index >= 15 is 0 Å². The van der Waals surface area contributed by atoms with E-state index in [1.807, 2.05) is 60.7 Å². The van der Waals surface area contributed by atoms with E-state index in [-0.39, 0.29) is 42.4 Å². The van der Waals surface area contributed by atoms with Gasteiger partial charge in [0.1, 0.15) is 6.04 Å². The van der Waals surface area contributed by atoms with Gasteiger partial charge in [0.05, 0.1) is 18.3 Å². The Morgan fingerprint density at radius 3 is 2.50 bits per heavy atom. The third-order valence-electron chi connectivity index (χ3n) is 6.83. The highest BCUT2D eigenvalue weighted by Gasteiger charge is 2.56. The van der Waals surface area contributed by atoms with E-state index in [2.05, 4.69) is 10.5 Å². The number of nitrogens with zero attached hydrogens (tertiary/aromatic N) is 4. The van der Waals surface area contributed by atoms with Gasteiger partial charge in [0.2, 0.25) is 5.88 Å². The van der Waals surface area contributed by atoms with Crippen molar-refractivity contribution >= 4 is 23.9 Å². The molecule has 3 aromatic rings. The Hall–Kier alpha value is -4.14. The summed E-state index contributed by atoms with van der Waals surface area (Å²) in [5, 5.41) is 6.59. The Bertz CT molecular complexity index is 1240. The molecule has 2 aromatic carbocycles. The number of benzene rings is 2. The van der Waals surface area contributed by atoms with Crippen LogP contribution < -0.4 is 5.32 Å². The van der Waals surface area contributed by atoms with Gasteiger partial charge in [-0.25, -0.2) is 9.59 Å². The number of urea groups is 2. The third kappa shape index (κ3) is 3.40. The Balaban J connectivity index is 1.14. The smallest absolute Gasteiger partial charge is 0.327 e. The van der Waals surface area contributed by atoms with Gasteiger partial charge in [-0.15, -0.1) is 0 Å². The maximum absolute atomic E-state index is 13.2. The first-order valence-corrected chi connectivity index (χ1v) is 11.4. The number of carbonyl (C=O) groups excluding carboxylic acids is 3. The molecule has 3 aliphatic rings. The summed E-state index contributed by atoms with van der Waals surface area (Å²) in [5.74, 6) is 0.200. The molecule has 5 amide bonds. The topological polar surface area (TPSA) is 99.0 Å². The lowest BCUT2D eigenvalue weighted by Gasteiger charge is -2.35. The summed E-state index contributed by atoms with van der Waals surface area (Å²) >= 11 is 0. The van der Waals surface area contributed by atoms with Crippen LogP contribution in [-0.4, -0.2) is 69.5 Å². The lowest BCUT2D eigenvalue weighted by molar-refractivity contribution is -0.129. The van der Waals surface area contributed by atoms with Gasteiger partial charge in [0.25, 0.3) is 5.91 Å². The van der Waals surface area contributed by atoms with Crippen LogP contribution in [-0.2, 0) is 4.79 Å². The van der Waals surface area contributed by atoms with Gasteiger partial charge in [-0.2, -0.15) is 0 Å². The number of hydrogen-bond acceptors (Lipinski definition) is 5. The molecule has 2 saturated heterocycles. The minimum absolute atomic E-state index is 0.113. The van der Waals surface area contributed by atoms with Crippen LogP contribution in [0.3, 0.4) is 0 Å². The molecule has 34 heavy (non-hydrogen) atoms. The second-order valence-electron chi connectivity index (χ2n) is 8.83. The molecule has 1 aromatic heterocycles. The maximum Gasteiger partial charge on any atom is 0.327 e. The number of amides is 5. The Morgan fingerprint density at radius 1 is 1.00 bits per heavy atom. The molecular weight excluding hydrogens is 434 g/mol. The minimum Gasteiger partial charge on any atom is -0.338 e. The van der Waals surface area contributed by atoms with Crippen LogP contribution in [0.4, 0.5) is 15.5 Å². The zero-order valence-corrected chi connectivity index (χ0v) is 18.3. The second kappa shape index (κ2) is 8.02. The van der Waals surface area contributed by atoms with Crippen LogP contribution in [0.1, 0.15) is 17.9 Å². The Kier molecular flexibility index (Phi) is 4.83. The average molecular weight is 457 g/mol. The van der Waals surface area contributed by atoms with Crippen LogP contribution >= 0.6 is 0 Å². The molecule has 9 nitrogen and oxygen atoms in total. The van der Waals surface area contributed by atoms with Crippen molar-refractivity contribution in [3.8, 4) is 11.1 Å². The van der Waals surface area contributed by atoms with Crippen LogP contribution in [0, 0.1) is 0 Å². The molecule has 2 aliphatic heterocycles. The fraction of sp³-hybridized carbons (Fsp3) is 0.280. The molecule has 3 fully saturated rings. The van der Waals surface area contributed by atoms with E-state index in [9.17, 15) is 14.4 Å². The molecule has 0 bridgehead atoms. The molecule has 9 heteroatoms. The van der Waals surface area contributed by atoms with E-state index in [0.717, 1.165) is 17.5 Å². The first kappa shape index (κ1) is 20.5. The first-order valence-electron chi connectivity index (χ1n) is 11.4. The van der Waals surface area contributed by atoms with E-state index in [1.54, 1.807) is 16.0 Å². The van der Waals surface area contributed by atoms with Crippen molar-refractivity contribution in [3.63, 3.8) is 0 Å². The highest BCUT2D eigenvalue weighted by molar-refractivity contribution is 6.05. The fourth-order valence-corrected chi connectivity index (χ4v) is 4.96. The molecule has 172 valence electrons. The predicted molar refractivity (Wildman–Crippen MR) is 123 cm³/mol. The lowest BCUT2D eigenvalue weighted by Crippen LogP contribution is -2.55. The van der Waals surface area contributed by atoms with Crippen LogP contribution in [0.25, 0.3) is 11.1 Å². The van der Waals surface area contributed by atoms with Gasteiger partial charge in [-0.3, -0.25) is 15.0 Å². The van der Waals surface area contributed by atoms with E-state index in [0.29, 0.717) is 18.7 Å². The van der Waals surface area contributed by atoms with Gasteiger partial charge < -0.3 is 14.3 Å². The van der Waals surface area contributed by atoms with Crippen molar-refractivity contribution in [2.75, 3.05) is 25.0 Å². The van der Waals surface area contributed by atoms with Gasteiger partial charge in [-0.1, -0.05) is 65.8 Å². The normalized spacial score (nSPS) is 23.8. The van der Waals surface area contributed by atoms with Gasteiger partial charge >= 0.3 is 12.1 Å². The molecule has 1 unspecified atom stereocenters. The molecule has 1 N–H and O–H groups in total. The highest BCUT2D eigenvalue weighted by Crippen LogP contribution is 2.46. The zero-order chi connectivity index (χ0) is 23.2. The molecule has 3 heterocycles. The Morgan fingerprint density at radius 2 is 1.74 bits per heavy atom. The van der Waals surface area contributed by atoms with Crippen molar-refractivity contribution in [1.29, 1.82) is 0 Å². The van der Waals surface area contributed by atoms with Gasteiger partial charge in [0, 0.05) is 25.0 Å². The maximum atomic E-state index is 13.2. The molecule has 1 aliphatic carbocycles. The molecule has 6 rings (SSSR count). The number of carbonyl (C=O) groups is 3. The van der Waals surface area contributed by atoms with Crippen molar-refractivity contribution in [3.05, 3.63) is 72.4 Å². The number of rotatable bonds is 4. The van der Waals surface area contributed by atoms with Crippen molar-refractivity contribution in [2.45, 2.75) is 24.4 Å². The summed E-state index contributed by atoms with van der Waals surface area (Å²) in [6.45, 7) is 0.783. The molecular formula is C25H23N5O4. The number of anilines is 1. The van der Waals surface area contributed by atoms with Crippen LogP contribution in [0.2, 0.25) is 0 Å². The first-order chi connectivity index (χ1) is 16.6. The number of piperazine rings is 1. The molecule has 1 saturated carbocycles. The van der Waals surface area contributed by atoms with Crippen LogP contribution in [0.5, 0.6) is 0 Å². The summed E-state index contributed by atoms with van der Waals surface area (Å²) in [7, 11) is 0. The minimum atomic E-state index is -0.660. The van der Waals surface area contributed by atoms with E-state index in [4.69, 9.17) is 4.52 Å². The molecule has 0 radical (unpaired) electrons. The predicted octanol–water partition coefficient (Wildman–Crippen LogP) is 3.38. The van der Waals surface area contributed by atoms with Crippen molar-refractivity contribution in [1.82, 2.24) is 19.9 Å². The van der Waals surface area contributed by atoms with Crippen LogP contribution in [0.15, 0.2) is 71.4 Å². The summed E-state index contributed by atoms with van der Waals surface area (Å²) in [6, 6.07) is 18.0. The molecule has 3 atom stereocenters. The van der Waals surface area contributed by atoms with E-state index in [1.165, 1.54) is 4.90 Å². The van der Waals surface area contributed by atoms with Crippen molar-refractivity contribution < 1.29 is 18.9 Å².